The number of nitrogens with one attached hydrogen (secondary N) is 1. The van der Waals surface area contributed by atoms with Gasteiger partial charge in [-0.25, -0.2) is 9.97 Å². The normalized spacial score (nSPS) is 25.2. The van der Waals surface area contributed by atoms with Crippen molar-refractivity contribution in [3.8, 4) is 5.75 Å². The third kappa shape index (κ3) is 5.49. The number of amides is 2. The molecule has 2 amide bonds. The molecule has 1 aliphatic carbocycles. The Morgan fingerprint density at radius 1 is 1.21 bits per heavy atom. The van der Waals surface area contributed by atoms with Crippen LogP contribution in [0.1, 0.15) is 42.6 Å². The number of β-amino-alcohol motifs (C(OH)–C–C–N with tert-alkyl or cyclic N) is 1. The van der Waals surface area contributed by atoms with Crippen LogP contribution in [-0.2, 0) is 4.79 Å². The van der Waals surface area contributed by atoms with Gasteiger partial charge in [-0.15, -0.1) is 0 Å². The molecule has 2 atom stereocenters. The molecule has 1 saturated heterocycles. The summed E-state index contributed by atoms with van der Waals surface area (Å²) in [6.45, 7) is 0.0856. The van der Waals surface area contributed by atoms with Crippen LogP contribution < -0.4 is 10.1 Å². The molecule has 2 aromatic rings. The van der Waals surface area contributed by atoms with Gasteiger partial charge < -0.3 is 19.2 Å². The number of halogens is 3. The van der Waals surface area contributed by atoms with E-state index in [1.54, 1.807) is 12.1 Å². The summed E-state index contributed by atoms with van der Waals surface area (Å²) in [6.07, 6.45) is -0.456. The van der Waals surface area contributed by atoms with Gasteiger partial charge in [0.2, 0.25) is 5.91 Å². The van der Waals surface area contributed by atoms with E-state index >= 15 is 0 Å². The maximum absolute atomic E-state index is 13.1. The van der Waals surface area contributed by atoms with Crippen LogP contribution in [-0.4, -0.2) is 63.3 Å². The number of alkyl halides is 3. The molecule has 12 heteroatoms. The SMILES string of the molecule is O=C(Nc1ncco1)c1ncccc1OC[C@H]1C[C@@H](O)CN1C(=O)[C@H]1CC[C@H](C(F)(F)F)CC1. The number of aliphatic hydroxyl groups excluding tert-OH is 1. The summed E-state index contributed by atoms with van der Waals surface area (Å²) in [5.74, 6) is -2.57. The number of carbonyl (C=O) groups excluding carboxylic acids is 2. The van der Waals surface area contributed by atoms with E-state index in [9.17, 15) is 27.9 Å². The van der Waals surface area contributed by atoms with Crippen LogP contribution in [0.4, 0.5) is 19.2 Å². The number of anilines is 1. The Morgan fingerprint density at radius 3 is 2.65 bits per heavy atom. The molecular weight excluding hydrogens is 457 g/mol. The van der Waals surface area contributed by atoms with Gasteiger partial charge in [-0.2, -0.15) is 13.2 Å². The number of hydrogen-bond donors (Lipinski definition) is 2. The fourth-order valence-electron chi connectivity index (χ4n) is 4.53. The van der Waals surface area contributed by atoms with Crippen LogP contribution >= 0.6 is 0 Å². The van der Waals surface area contributed by atoms with Crippen molar-refractivity contribution in [2.45, 2.75) is 50.4 Å². The molecular formula is C22H25F3N4O5. The van der Waals surface area contributed by atoms with Crippen molar-refractivity contribution in [1.82, 2.24) is 14.9 Å². The Labute approximate surface area is 193 Å². The first-order valence-corrected chi connectivity index (χ1v) is 11.1. The van der Waals surface area contributed by atoms with Gasteiger partial charge in [0.15, 0.2) is 11.4 Å². The molecule has 1 aliphatic heterocycles. The molecule has 2 N–H and O–H groups in total. The summed E-state index contributed by atoms with van der Waals surface area (Å²) in [4.78, 5) is 34.9. The van der Waals surface area contributed by atoms with Crippen LogP contribution in [0, 0.1) is 11.8 Å². The summed E-state index contributed by atoms with van der Waals surface area (Å²) in [5.41, 5.74) is -0.0115. The van der Waals surface area contributed by atoms with E-state index in [1.165, 1.54) is 23.6 Å². The number of hydrogen-bond acceptors (Lipinski definition) is 7. The Kier molecular flexibility index (Phi) is 7.05. The number of aromatic nitrogens is 2. The van der Waals surface area contributed by atoms with Gasteiger partial charge in [-0.3, -0.25) is 14.9 Å². The fraction of sp³-hybridized carbons (Fsp3) is 0.545. The number of ether oxygens (including phenoxy) is 1. The van der Waals surface area contributed by atoms with Crippen molar-refractivity contribution < 1.29 is 37.0 Å². The molecule has 0 radical (unpaired) electrons. The summed E-state index contributed by atoms with van der Waals surface area (Å²) < 4.78 is 49.7. The highest BCUT2D eigenvalue weighted by Gasteiger charge is 2.44. The molecule has 2 aliphatic rings. The predicted molar refractivity (Wildman–Crippen MR) is 112 cm³/mol. The van der Waals surface area contributed by atoms with Gasteiger partial charge in [0.05, 0.1) is 24.3 Å². The minimum atomic E-state index is -4.24. The van der Waals surface area contributed by atoms with Crippen LogP contribution in [0.5, 0.6) is 5.75 Å². The first-order valence-electron chi connectivity index (χ1n) is 11.1. The molecule has 184 valence electrons. The lowest BCUT2D eigenvalue weighted by molar-refractivity contribution is -0.185. The maximum atomic E-state index is 13.1. The lowest BCUT2D eigenvalue weighted by atomic mass is 9.81. The van der Waals surface area contributed by atoms with E-state index in [0.717, 1.165) is 0 Å². The third-order valence-corrected chi connectivity index (χ3v) is 6.28. The zero-order valence-electron chi connectivity index (χ0n) is 18.2. The van der Waals surface area contributed by atoms with Crippen LogP contribution in [0.3, 0.4) is 0 Å². The highest BCUT2D eigenvalue weighted by Crippen LogP contribution is 2.40. The van der Waals surface area contributed by atoms with Crippen LogP contribution in [0.15, 0.2) is 35.2 Å². The van der Waals surface area contributed by atoms with Gasteiger partial charge in [0.25, 0.3) is 5.91 Å². The second-order valence-corrected chi connectivity index (χ2v) is 8.58. The molecule has 0 bridgehead atoms. The predicted octanol–water partition coefficient (Wildman–Crippen LogP) is 3.03. The van der Waals surface area contributed by atoms with Gasteiger partial charge in [0, 0.05) is 18.7 Å². The molecule has 9 nitrogen and oxygen atoms in total. The monoisotopic (exact) mass is 482 g/mol. The minimum absolute atomic E-state index is 0.00228. The van der Waals surface area contributed by atoms with E-state index in [4.69, 9.17) is 9.15 Å². The minimum Gasteiger partial charge on any atom is -0.489 e. The first kappa shape index (κ1) is 24.0. The number of nitrogens with zero attached hydrogens (tertiary/aromatic N) is 3. The number of pyridine rings is 1. The molecule has 0 spiro atoms. The van der Waals surface area contributed by atoms with Crippen molar-refractivity contribution in [3.63, 3.8) is 0 Å². The smallest absolute Gasteiger partial charge is 0.391 e. The maximum Gasteiger partial charge on any atom is 0.391 e. The quantitative estimate of drug-likeness (QED) is 0.650. The van der Waals surface area contributed by atoms with Gasteiger partial charge >= 0.3 is 12.2 Å². The number of aliphatic hydroxyl groups is 1. The van der Waals surface area contributed by atoms with E-state index in [1.807, 2.05) is 0 Å². The second kappa shape index (κ2) is 10.00. The number of rotatable bonds is 6. The molecule has 34 heavy (non-hydrogen) atoms. The molecule has 2 aromatic heterocycles. The highest BCUT2D eigenvalue weighted by atomic mass is 19.4. The van der Waals surface area contributed by atoms with Crippen molar-refractivity contribution in [1.29, 1.82) is 0 Å². The second-order valence-electron chi connectivity index (χ2n) is 8.58. The Morgan fingerprint density at radius 2 is 1.97 bits per heavy atom. The molecule has 0 aromatic carbocycles. The lowest BCUT2D eigenvalue weighted by Gasteiger charge is -2.33. The fourth-order valence-corrected chi connectivity index (χ4v) is 4.53. The Bertz CT molecular complexity index is 993. The zero-order valence-corrected chi connectivity index (χ0v) is 18.2. The topological polar surface area (TPSA) is 118 Å². The van der Waals surface area contributed by atoms with Crippen molar-refractivity contribution >= 4 is 17.8 Å². The lowest BCUT2D eigenvalue weighted by Crippen LogP contribution is -2.44. The number of likely N-dealkylation sites (tertiary alicyclic amines) is 1. The van der Waals surface area contributed by atoms with Gasteiger partial charge in [-0.1, -0.05) is 0 Å². The standard InChI is InChI=1S/C22H25F3N4O5/c23-22(24,25)14-5-3-13(4-6-14)20(32)29-11-16(30)10-15(29)12-34-17-2-1-7-26-18(17)19(31)28-21-27-8-9-33-21/h1-2,7-9,13-16,30H,3-6,10-12H2,(H,27,28,31)/t13-,14-,15-,16-/m1/s1. The van der Waals surface area contributed by atoms with Crippen molar-refractivity contribution in [3.05, 3.63) is 36.5 Å². The summed E-state index contributed by atoms with van der Waals surface area (Å²) in [5, 5.41) is 12.6. The molecule has 2 fully saturated rings. The van der Waals surface area contributed by atoms with E-state index < -0.39 is 36.1 Å². The van der Waals surface area contributed by atoms with Crippen molar-refractivity contribution in [2.24, 2.45) is 11.8 Å². The van der Waals surface area contributed by atoms with Crippen LogP contribution in [0.25, 0.3) is 0 Å². The molecule has 0 unspecified atom stereocenters. The van der Waals surface area contributed by atoms with E-state index in [-0.39, 0.29) is 68.6 Å². The molecule has 1 saturated carbocycles. The zero-order chi connectivity index (χ0) is 24.3. The Hall–Kier alpha value is -3.15. The van der Waals surface area contributed by atoms with Gasteiger partial charge in [-0.05, 0) is 44.2 Å². The van der Waals surface area contributed by atoms with E-state index in [0.29, 0.717) is 0 Å². The van der Waals surface area contributed by atoms with Crippen LogP contribution in [0.2, 0.25) is 0 Å². The molecule has 3 heterocycles. The Balaban J connectivity index is 1.38. The largest absolute Gasteiger partial charge is 0.489 e. The first-order chi connectivity index (χ1) is 16.2. The molecule has 4 rings (SSSR count). The highest BCUT2D eigenvalue weighted by molar-refractivity contribution is 6.03. The van der Waals surface area contributed by atoms with Crippen molar-refractivity contribution in [2.75, 3.05) is 18.5 Å². The average Bonchev–Trinajstić information content (AvgIpc) is 3.46. The summed E-state index contributed by atoms with van der Waals surface area (Å²) >= 11 is 0. The van der Waals surface area contributed by atoms with Gasteiger partial charge in [0.1, 0.15) is 12.9 Å². The average molecular weight is 482 g/mol. The number of carbonyl (C=O) groups is 2. The summed E-state index contributed by atoms with van der Waals surface area (Å²) in [7, 11) is 0. The third-order valence-electron chi connectivity index (χ3n) is 6.28. The summed E-state index contributed by atoms with van der Waals surface area (Å²) in [6, 6.07) is 2.65. The number of oxazole rings is 1. The van der Waals surface area contributed by atoms with E-state index in [2.05, 4.69) is 15.3 Å².